The molecule has 10 nitrogen and oxygen atoms in total. The number of aliphatic imine (C=N–C) groups is 1. The first-order chi connectivity index (χ1) is 14.4. The third-order valence-corrected chi connectivity index (χ3v) is 4.84. The summed E-state index contributed by atoms with van der Waals surface area (Å²) in [6.45, 7) is 3.82. The maximum absolute atomic E-state index is 14.0. The van der Waals surface area contributed by atoms with Gasteiger partial charge in [-0.15, -0.1) is 0 Å². The second-order valence-electron chi connectivity index (χ2n) is 6.66. The lowest BCUT2D eigenvalue weighted by Crippen LogP contribution is -2.47. The number of piperazine rings is 1. The van der Waals surface area contributed by atoms with Gasteiger partial charge in [0.25, 0.3) is 0 Å². The molecule has 0 amide bonds. The second-order valence-corrected chi connectivity index (χ2v) is 6.66. The highest BCUT2D eigenvalue weighted by molar-refractivity contribution is 6.10. The van der Waals surface area contributed by atoms with E-state index in [0.717, 1.165) is 6.07 Å². The smallest absolute Gasteiger partial charge is 0.226 e. The Morgan fingerprint density at radius 1 is 1.27 bits per heavy atom. The highest BCUT2D eigenvalue weighted by Crippen LogP contribution is 2.21. The van der Waals surface area contributed by atoms with Gasteiger partial charge in [0.15, 0.2) is 0 Å². The van der Waals surface area contributed by atoms with Gasteiger partial charge in [0.2, 0.25) is 5.84 Å². The Balaban J connectivity index is 1.59. The van der Waals surface area contributed by atoms with Crippen molar-refractivity contribution in [1.29, 1.82) is 10.7 Å². The van der Waals surface area contributed by atoms with E-state index in [2.05, 4.69) is 20.4 Å². The normalized spacial score (nSPS) is 15.1. The van der Waals surface area contributed by atoms with Gasteiger partial charge in [-0.3, -0.25) is 10.3 Å². The van der Waals surface area contributed by atoms with E-state index in [1.807, 2.05) is 4.90 Å². The number of nitriles is 1. The molecular formula is C18H22F2N10. The van der Waals surface area contributed by atoms with Gasteiger partial charge in [-0.1, -0.05) is 0 Å². The Morgan fingerprint density at radius 2 is 2.00 bits per heavy atom. The summed E-state index contributed by atoms with van der Waals surface area (Å²) in [4.78, 5) is 7.78. The molecule has 158 valence electrons. The molecule has 30 heavy (non-hydrogen) atoms. The molecule has 1 fully saturated rings. The molecule has 3 rings (SSSR count). The second kappa shape index (κ2) is 9.29. The number of nitrogens with zero attached hydrogens (tertiary/aromatic N) is 6. The van der Waals surface area contributed by atoms with Gasteiger partial charge in [-0.05, 0) is 12.1 Å². The molecule has 0 spiro atoms. The molecule has 0 atom stereocenters. The van der Waals surface area contributed by atoms with Crippen LogP contribution in [0.25, 0.3) is 0 Å². The molecule has 0 bridgehead atoms. The van der Waals surface area contributed by atoms with Crippen LogP contribution in [0.2, 0.25) is 0 Å². The van der Waals surface area contributed by atoms with Gasteiger partial charge in [0.05, 0.1) is 24.0 Å². The Kier molecular flexibility index (Phi) is 6.55. The largest absolute Gasteiger partial charge is 0.383 e. The van der Waals surface area contributed by atoms with Gasteiger partial charge in [-0.2, -0.15) is 10.4 Å². The van der Waals surface area contributed by atoms with Crippen LogP contribution in [0.1, 0.15) is 5.56 Å². The van der Waals surface area contributed by atoms with E-state index in [1.165, 1.54) is 18.3 Å². The third-order valence-electron chi connectivity index (χ3n) is 4.84. The Hall–Kier alpha value is -3.56. The molecule has 2 heterocycles. The number of rotatable bonds is 6. The van der Waals surface area contributed by atoms with Crippen molar-refractivity contribution in [2.75, 3.05) is 43.0 Å². The van der Waals surface area contributed by atoms with Crippen LogP contribution in [0.3, 0.4) is 0 Å². The van der Waals surface area contributed by atoms with E-state index in [-0.39, 0.29) is 5.84 Å². The van der Waals surface area contributed by atoms with Crippen molar-refractivity contribution in [1.82, 2.24) is 14.7 Å². The van der Waals surface area contributed by atoms with Gasteiger partial charge >= 0.3 is 0 Å². The molecule has 0 radical (unpaired) electrons. The van der Waals surface area contributed by atoms with Crippen molar-refractivity contribution in [2.45, 2.75) is 6.54 Å². The average Bonchev–Trinajstić information content (AvgIpc) is 3.15. The van der Waals surface area contributed by atoms with E-state index in [4.69, 9.17) is 22.2 Å². The number of halogens is 2. The monoisotopic (exact) mass is 416 g/mol. The number of hydrogen-bond donors (Lipinski definition) is 4. The van der Waals surface area contributed by atoms with Crippen LogP contribution < -0.4 is 21.9 Å². The maximum Gasteiger partial charge on any atom is 0.226 e. The van der Waals surface area contributed by atoms with Crippen LogP contribution in [-0.2, 0) is 6.54 Å². The number of hydrazine groups is 1. The number of nitrogens with two attached hydrogens (primary N) is 2. The van der Waals surface area contributed by atoms with Crippen molar-refractivity contribution < 1.29 is 8.78 Å². The molecule has 1 saturated heterocycles. The first kappa shape index (κ1) is 21.2. The fourth-order valence-corrected chi connectivity index (χ4v) is 3.29. The quantitative estimate of drug-likeness (QED) is 0.232. The minimum absolute atomic E-state index is 0.0318. The number of nitrogen functional groups attached to an aromatic ring is 1. The van der Waals surface area contributed by atoms with E-state index in [9.17, 15) is 8.78 Å². The number of hydrogen-bond acceptors (Lipinski definition) is 7. The fourth-order valence-electron chi connectivity index (χ4n) is 3.29. The predicted molar refractivity (Wildman–Crippen MR) is 109 cm³/mol. The van der Waals surface area contributed by atoms with E-state index in [0.29, 0.717) is 56.3 Å². The van der Waals surface area contributed by atoms with Crippen LogP contribution in [0.15, 0.2) is 29.4 Å². The number of nitrogens with one attached hydrogen (secondary N) is 2. The first-order valence-corrected chi connectivity index (χ1v) is 9.21. The predicted octanol–water partition coefficient (Wildman–Crippen LogP) is 0.475. The average molecular weight is 416 g/mol. The van der Waals surface area contributed by atoms with Gasteiger partial charge in [0, 0.05) is 38.8 Å². The summed E-state index contributed by atoms with van der Waals surface area (Å²) in [6, 6.07) is 5.20. The summed E-state index contributed by atoms with van der Waals surface area (Å²) in [6.07, 6.45) is 1.47. The molecule has 0 aliphatic carbocycles. The Bertz CT molecular complexity index is 985. The summed E-state index contributed by atoms with van der Waals surface area (Å²) in [5.74, 6) is 4.32. The molecular weight excluding hydrogens is 394 g/mol. The molecule has 2 aromatic rings. The summed E-state index contributed by atoms with van der Waals surface area (Å²) < 4.78 is 28.7. The minimum Gasteiger partial charge on any atom is -0.383 e. The lowest BCUT2D eigenvalue weighted by molar-refractivity contribution is 0.244. The van der Waals surface area contributed by atoms with E-state index < -0.39 is 17.5 Å². The molecule has 1 aromatic heterocycles. The maximum atomic E-state index is 14.0. The Labute approximate surface area is 171 Å². The number of benzene rings is 1. The first-order valence-electron chi connectivity index (χ1n) is 9.21. The molecule has 1 aliphatic rings. The fraction of sp³-hybridized carbons (Fsp3) is 0.333. The molecule has 1 aliphatic heterocycles. The molecule has 1 aromatic carbocycles. The molecule has 6 N–H and O–H groups in total. The molecule has 0 saturated carbocycles. The van der Waals surface area contributed by atoms with E-state index in [1.54, 1.807) is 10.8 Å². The van der Waals surface area contributed by atoms with Crippen LogP contribution >= 0.6 is 0 Å². The zero-order valence-electron chi connectivity index (χ0n) is 16.1. The van der Waals surface area contributed by atoms with Crippen molar-refractivity contribution in [3.63, 3.8) is 0 Å². The number of anilines is 2. The highest BCUT2D eigenvalue weighted by atomic mass is 19.1. The van der Waals surface area contributed by atoms with Crippen molar-refractivity contribution in [2.24, 2.45) is 16.6 Å². The van der Waals surface area contributed by atoms with Gasteiger partial charge < -0.3 is 16.1 Å². The standard InChI is InChI=1S/C18H22F2N10/c19-12-1-2-15(14(20)9-12)29-6-3-28(4-7-29)5-8-30-18(27-24)13(11-25-30)17(23)26-16(22)10-21/h1-2,9,11,27H,3-8,24H2,(H3,22,23,26). The number of amidine groups is 2. The van der Waals surface area contributed by atoms with Gasteiger partial charge in [0.1, 0.15) is 29.4 Å². The van der Waals surface area contributed by atoms with Crippen LogP contribution in [0, 0.1) is 28.4 Å². The minimum atomic E-state index is -0.590. The molecule has 0 unspecified atom stereocenters. The lowest BCUT2D eigenvalue weighted by atomic mass is 10.2. The SMILES string of the molecule is N#CC(=N)N=C(N)c1cnn(CCN2CCN(c3ccc(F)cc3F)CC2)c1NN. The van der Waals surface area contributed by atoms with Crippen molar-refractivity contribution in [3.05, 3.63) is 41.6 Å². The van der Waals surface area contributed by atoms with Crippen LogP contribution in [0.5, 0.6) is 0 Å². The Morgan fingerprint density at radius 3 is 2.63 bits per heavy atom. The van der Waals surface area contributed by atoms with Crippen molar-refractivity contribution in [3.8, 4) is 6.07 Å². The van der Waals surface area contributed by atoms with Crippen molar-refractivity contribution >= 4 is 23.2 Å². The highest BCUT2D eigenvalue weighted by Gasteiger charge is 2.20. The summed E-state index contributed by atoms with van der Waals surface area (Å²) in [5.41, 5.74) is 9.16. The summed E-state index contributed by atoms with van der Waals surface area (Å²) in [5, 5.41) is 20.2. The summed E-state index contributed by atoms with van der Waals surface area (Å²) >= 11 is 0. The third kappa shape index (κ3) is 4.70. The van der Waals surface area contributed by atoms with Crippen LogP contribution in [0.4, 0.5) is 20.3 Å². The van der Waals surface area contributed by atoms with Crippen LogP contribution in [-0.4, -0.2) is 59.1 Å². The summed E-state index contributed by atoms with van der Waals surface area (Å²) in [7, 11) is 0. The topological polar surface area (TPSA) is 148 Å². The molecule has 12 heteroatoms. The lowest BCUT2D eigenvalue weighted by Gasteiger charge is -2.36. The number of aromatic nitrogens is 2. The van der Waals surface area contributed by atoms with E-state index >= 15 is 0 Å². The zero-order valence-corrected chi connectivity index (χ0v) is 16.1. The zero-order chi connectivity index (χ0) is 21.7. The van der Waals surface area contributed by atoms with Gasteiger partial charge in [-0.25, -0.2) is 24.3 Å².